The summed E-state index contributed by atoms with van der Waals surface area (Å²) in [6.45, 7) is 6.05. The van der Waals surface area contributed by atoms with E-state index in [9.17, 15) is 26.7 Å². The molecular weight excluding hydrogens is 813 g/mol. The Balaban J connectivity index is 0.000000311. The molecule has 6 aromatic rings. The predicted octanol–water partition coefficient (Wildman–Crippen LogP) is 4.53. The van der Waals surface area contributed by atoms with Crippen molar-refractivity contribution in [2.45, 2.75) is 48.1 Å². The highest BCUT2D eigenvalue weighted by Gasteiger charge is 2.52. The average molecular weight is 853 g/mol. The fourth-order valence-corrected chi connectivity index (χ4v) is 13.7. The van der Waals surface area contributed by atoms with E-state index in [2.05, 4.69) is 55.5 Å². The Labute approximate surface area is 334 Å². The number of aliphatic hydroxyl groups is 1. The molecule has 56 heavy (non-hydrogen) atoms. The Hall–Kier alpha value is -5.09. The first kappa shape index (κ1) is 42.1. The highest BCUT2D eigenvalue weighted by molar-refractivity contribution is 7.93. The van der Waals surface area contributed by atoms with E-state index in [1.807, 2.05) is 60.7 Å². The maximum atomic E-state index is 13.6. The molecular formula is C36H40N8O7S4Si. The van der Waals surface area contributed by atoms with Crippen LogP contribution in [-0.4, -0.2) is 68.8 Å². The predicted molar refractivity (Wildman–Crippen MR) is 222 cm³/mol. The SMILES string of the molecule is CC(C)(C)[Si](O[C@H](CCO)C(=O)Nc1ccc(S(=O)(=O)Nc2nccs2)cn1)(c1ccccc1)c1ccccc1.Nc1ccc(S(=O)(=O)Nc2nccs2)cn1. The maximum Gasteiger partial charge on any atom is 0.265 e. The van der Waals surface area contributed by atoms with Crippen molar-refractivity contribution in [3.05, 3.63) is 120 Å². The molecule has 1 amide bonds. The third kappa shape index (κ3) is 10.4. The molecule has 6 N–H and O–H groups in total. The van der Waals surface area contributed by atoms with Crippen molar-refractivity contribution in [1.29, 1.82) is 0 Å². The van der Waals surface area contributed by atoms with Crippen LogP contribution in [0, 0.1) is 0 Å². The lowest BCUT2D eigenvalue weighted by atomic mass is 10.2. The molecule has 4 aromatic heterocycles. The number of nitrogens with zero attached hydrogens (tertiary/aromatic N) is 4. The molecule has 2 aromatic carbocycles. The number of hydrogen-bond donors (Lipinski definition) is 5. The zero-order valence-electron chi connectivity index (χ0n) is 30.4. The van der Waals surface area contributed by atoms with E-state index in [0.717, 1.165) is 27.9 Å². The van der Waals surface area contributed by atoms with Crippen LogP contribution < -0.4 is 30.9 Å². The van der Waals surface area contributed by atoms with Gasteiger partial charge >= 0.3 is 0 Å². The molecule has 0 saturated heterocycles. The third-order valence-electron chi connectivity index (χ3n) is 8.10. The first-order valence-corrected chi connectivity index (χ1v) is 23.5. The summed E-state index contributed by atoms with van der Waals surface area (Å²) in [4.78, 5) is 29.2. The molecule has 0 spiro atoms. The van der Waals surface area contributed by atoms with Crippen LogP contribution in [0.3, 0.4) is 0 Å². The van der Waals surface area contributed by atoms with Gasteiger partial charge in [-0.15, -0.1) is 22.7 Å². The molecule has 6 rings (SSSR count). The summed E-state index contributed by atoms with van der Waals surface area (Å²) in [7, 11) is -10.6. The van der Waals surface area contributed by atoms with Crippen molar-refractivity contribution in [2.24, 2.45) is 0 Å². The summed E-state index contributed by atoms with van der Waals surface area (Å²) >= 11 is 2.36. The molecule has 0 bridgehead atoms. The van der Waals surface area contributed by atoms with E-state index < -0.39 is 40.4 Å². The number of anilines is 4. The first-order chi connectivity index (χ1) is 26.6. The van der Waals surface area contributed by atoms with Gasteiger partial charge in [0.05, 0.1) is 0 Å². The number of rotatable bonds is 14. The van der Waals surface area contributed by atoms with Gasteiger partial charge in [0.2, 0.25) is 0 Å². The van der Waals surface area contributed by atoms with E-state index in [-0.39, 0.29) is 44.6 Å². The normalized spacial score (nSPS) is 12.5. The van der Waals surface area contributed by atoms with Crippen LogP contribution in [0.25, 0.3) is 0 Å². The van der Waals surface area contributed by atoms with E-state index in [0.29, 0.717) is 5.13 Å². The molecule has 0 saturated carbocycles. The molecule has 0 aliphatic heterocycles. The summed E-state index contributed by atoms with van der Waals surface area (Å²) in [5, 5.41) is 18.2. The lowest BCUT2D eigenvalue weighted by molar-refractivity contribution is -0.123. The highest BCUT2D eigenvalue weighted by atomic mass is 32.2. The zero-order chi connectivity index (χ0) is 40.4. The zero-order valence-corrected chi connectivity index (χ0v) is 34.7. The Morgan fingerprint density at radius 2 is 1.27 bits per heavy atom. The van der Waals surface area contributed by atoms with Gasteiger partial charge in [-0.25, -0.2) is 36.8 Å². The Morgan fingerprint density at radius 1 is 0.768 bits per heavy atom. The van der Waals surface area contributed by atoms with Gasteiger partial charge < -0.3 is 20.6 Å². The number of sulfonamides is 2. The monoisotopic (exact) mass is 852 g/mol. The van der Waals surface area contributed by atoms with Crippen molar-refractivity contribution >= 4 is 89.2 Å². The summed E-state index contributed by atoms with van der Waals surface area (Å²) < 4.78 is 60.5. The van der Waals surface area contributed by atoms with Gasteiger partial charge in [-0.2, -0.15) is 0 Å². The minimum atomic E-state index is -3.88. The van der Waals surface area contributed by atoms with Crippen LogP contribution >= 0.6 is 22.7 Å². The molecule has 4 heterocycles. The molecule has 0 fully saturated rings. The van der Waals surface area contributed by atoms with Crippen molar-refractivity contribution in [3.63, 3.8) is 0 Å². The number of aromatic nitrogens is 4. The van der Waals surface area contributed by atoms with Crippen molar-refractivity contribution in [1.82, 2.24) is 19.9 Å². The fourth-order valence-electron chi connectivity index (χ4n) is 5.53. The number of nitrogens with two attached hydrogens (primary N) is 1. The summed E-state index contributed by atoms with van der Waals surface area (Å²) in [5.41, 5.74) is 5.37. The molecule has 294 valence electrons. The van der Waals surface area contributed by atoms with E-state index in [4.69, 9.17) is 10.2 Å². The van der Waals surface area contributed by atoms with E-state index in [1.54, 1.807) is 10.8 Å². The number of thiazole rings is 2. The standard InChI is InChI=1S/C28H32N4O5S2Si.C8H8N4O2S2/c1-28(2,3)40(22-10-6-4-7-11-22,23-12-8-5-9-13-23)37-24(16-18-33)26(34)31-25-15-14-21(20-30-25)39(35,36)32-27-29-17-19-38-27;9-7-2-1-6(5-11-7)16(13,14)12-8-10-3-4-15-8/h4-15,17,19-20,24,33H,16,18H2,1-3H3,(H,29,32)(H,30,31,34);1-5H,(H2,9,11)(H,10,12)/t24-;/m1./s1. The summed E-state index contributed by atoms with van der Waals surface area (Å²) in [6.07, 6.45) is 4.45. The van der Waals surface area contributed by atoms with E-state index in [1.165, 1.54) is 54.2 Å². The average Bonchev–Trinajstić information content (AvgIpc) is 3.88. The molecule has 1 atom stereocenters. The second-order valence-electron chi connectivity index (χ2n) is 13.0. The van der Waals surface area contributed by atoms with Crippen LogP contribution in [0.2, 0.25) is 5.04 Å². The third-order valence-corrected chi connectivity index (χ3v) is 17.4. The second-order valence-corrected chi connectivity index (χ2v) is 22.4. The number of nitrogens with one attached hydrogen (secondary N) is 3. The van der Waals surface area contributed by atoms with E-state index >= 15 is 0 Å². The second kappa shape index (κ2) is 18.2. The van der Waals surface area contributed by atoms with Gasteiger partial charge in [-0.05, 0) is 39.7 Å². The van der Waals surface area contributed by atoms with Gasteiger partial charge in [0.25, 0.3) is 34.3 Å². The smallest absolute Gasteiger partial charge is 0.265 e. The lowest BCUT2D eigenvalue weighted by Gasteiger charge is -2.44. The van der Waals surface area contributed by atoms with Crippen molar-refractivity contribution in [2.75, 3.05) is 27.1 Å². The van der Waals surface area contributed by atoms with Gasteiger partial charge in [0.1, 0.15) is 27.5 Å². The van der Waals surface area contributed by atoms with Crippen LogP contribution in [0.4, 0.5) is 21.9 Å². The first-order valence-electron chi connectivity index (χ1n) is 16.9. The van der Waals surface area contributed by atoms with Crippen molar-refractivity contribution < 1.29 is 31.2 Å². The Bertz CT molecular complexity index is 2330. The number of hydrogen-bond acceptors (Lipinski definition) is 14. The topological polar surface area (TPSA) is 228 Å². The lowest BCUT2D eigenvalue weighted by Crippen LogP contribution is -2.68. The fraction of sp³-hybridized carbons (Fsp3) is 0.194. The van der Waals surface area contributed by atoms with Crippen molar-refractivity contribution in [3.8, 4) is 0 Å². The number of pyridine rings is 2. The summed E-state index contributed by atoms with van der Waals surface area (Å²) in [5.74, 6) is -0.0496. The minimum Gasteiger partial charge on any atom is -0.396 e. The molecule has 15 nitrogen and oxygen atoms in total. The highest BCUT2D eigenvalue weighted by Crippen LogP contribution is 2.38. The van der Waals surface area contributed by atoms with Crippen LogP contribution in [0.15, 0.2) is 130 Å². The van der Waals surface area contributed by atoms with Gasteiger partial charge in [0.15, 0.2) is 10.3 Å². The number of amides is 1. The Morgan fingerprint density at radius 3 is 1.66 bits per heavy atom. The maximum absolute atomic E-state index is 13.6. The van der Waals surface area contributed by atoms with Crippen LogP contribution in [0.5, 0.6) is 0 Å². The molecule has 0 radical (unpaired) electrons. The molecule has 0 aliphatic rings. The molecule has 0 unspecified atom stereocenters. The number of aliphatic hydroxyl groups excluding tert-OH is 1. The number of benzene rings is 2. The Kier molecular flexibility index (Phi) is 13.7. The summed E-state index contributed by atoms with van der Waals surface area (Å²) in [6, 6.07) is 25.4. The van der Waals surface area contributed by atoms with Gasteiger partial charge in [-0.3, -0.25) is 14.2 Å². The van der Waals surface area contributed by atoms with Gasteiger partial charge in [0, 0.05) is 48.6 Å². The number of carbonyl (C=O) groups is 1. The minimum absolute atomic E-state index is 0.0527. The van der Waals surface area contributed by atoms with Crippen LogP contribution in [-0.2, 0) is 29.3 Å². The largest absolute Gasteiger partial charge is 0.396 e. The van der Waals surface area contributed by atoms with Gasteiger partial charge in [-0.1, -0.05) is 81.4 Å². The number of carbonyl (C=O) groups excluding carboxylic acids is 1. The van der Waals surface area contributed by atoms with Crippen LogP contribution in [0.1, 0.15) is 27.2 Å². The molecule has 0 aliphatic carbocycles. The quantitative estimate of drug-likeness (QED) is 0.0953. The molecule has 20 heteroatoms. The number of nitrogen functional groups attached to an aromatic ring is 1.